The van der Waals surface area contributed by atoms with E-state index in [0.29, 0.717) is 6.42 Å². The molecule has 1 aliphatic rings. The van der Waals surface area contributed by atoms with Crippen molar-refractivity contribution in [3.05, 3.63) is 167 Å². The number of ether oxygens (including phenoxy) is 2. The van der Waals surface area contributed by atoms with Crippen LogP contribution >= 0.6 is 11.8 Å². The van der Waals surface area contributed by atoms with E-state index in [0.717, 1.165) is 38.9 Å². The summed E-state index contributed by atoms with van der Waals surface area (Å²) in [5.41, 5.74) is 7.40. The van der Waals surface area contributed by atoms with Crippen LogP contribution in [0.25, 0.3) is 11.1 Å². The Hall–Kier alpha value is -5.87. The van der Waals surface area contributed by atoms with Crippen LogP contribution in [0.4, 0.5) is 4.79 Å². The lowest BCUT2D eigenvalue weighted by Gasteiger charge is -2.36. The number of carbonyl (C=O) groups excluding carboxylic acids is 4. The second kappa shape index (κ2) is 18.6. The average molecular weight is 770 g/mol. The van der Waals surface area contributed by atoms with Crippen LogP contribution in [-0.4, -0.2) is 62.0 Å². The molecular weight excluding hydrogens is 723 g/mol. The first-order valence-corrected chi connectivity index (χ1v) is 19.8. The quantitative estimate of drug-likeness (QED) is 0.0705. The smallest absolute Gasteiger partial charge is 0.407 e. The molecule has 6 rings (SSSR count). The number of hydrogen-bond acceptors (Lipinski definition) is 7. The highest BCUT2D eigenvalue weighted by molar-refractivity contribution is 8.00. The van der Waals surface area contributed by atoms with Gasteiger partial charge in [0.05, 0.1) is 18.4 Å². The molecule has 56 heavy (non-hydrogen) atoms. The molecule has 0 spiro atoms. The zero-order chi connectivity index (χ0) is 39.5. The largest absolute Gasteiger partial charge is 0.467 e. The lowest BCUT2D eigenvalue weighted by molar-refractivity contribution is -0.144. The summed E-state index contributed by atoms with van der Waals surface area (Å²) in [5, 5.41) is 8.17. The molecule has 3 N–H and O–H groups in total. The van der Waals surface area contributed by atoms with Gasteiger partial charge in [-0.1, -0.05) is 160 Å². The number of esters is 1. The maximum atomic E-state index is 13.5. The minimum atomic E-state index is -1.03. The molecule has 0 unspecified atom stereocenters. The van der Waals surface area contributed by atoms with Crippen LogP contribution in [-0.2, 0) is 28.6 Å². The van der Waals surface area contributed by atoms with Crippen molar-refractivity contribution in [1.29, 1.82) is 0 Å². The highest BCUT2D eigenvalue weighted by Gasteiger charge is 2.39. The van der Waals surface area contributed by atoms with Gasteiger partial charge in [0.15, 0.2) is 0 Å². The zero-order valence-corrected chi connectivity index (χ0v) is 32.6. The van der Waals surface area contributed by atoms with Gasteiger partial charge in [-0.2, -0.15) is 0 Å². The first-order valence-electron chi connectivity index (χ1n) is 18.8. The van der Waals surface area contributed by atoms with Crippen LogP contribution in [0.15, 0.2) is 140 Å². The van der Waals surface area contributed by atoms with Crippen molar-refractivity contribution < 1.29 is 28.7 Å². The molecule has 288 valence electrons. The number of benzene rings is 5. The molecule has 9 nitrogen and oxygen atoms in total. The van der Waals surface area contributed by atoms with Crippen LogP contribution in [0.2, 0.25) is 0 Å². The number of amides is 3. The predicted molar refractivity (Wildman–Crippen MR) is 220 cm³/mol. The van der Waals surface area contributed by atoms with Crippen LogP contribution in [0.3, 0.4) is 0 Å². The minimum absolute atomic E-state index is 0.101. The maximum absolute atomic E-state index is 13.5. The third kappa shape index (κ3) is 8.81. The number of fused-ring (bicyclic) bond motifs is 3. The molecule has 0 bridgehead atoms. The van der Waals surface area contributed by atoms with E-state index < -0.39 is 47.3 Å². The van der Waals surface area contributed by atoms with Crippen LogP contribution in [0.5, 0.6) is 0 Å². The Balaban J connectivity index is 1.11. The van der Waals surface area contributed by atoms with E-state index in [1.165, 1.54) is 18.9 Å². The molecule has 5 aromatic rings. The Morgan fingerprint density at radius 2 is 1.18 bits per heavy atom. The third-order valence-electron chi connectivity index (χ3n) is 10.4. The number of alkyl carbamates (subject to hydrolysis) is 1. The van der Waals surface area contributed by atoms with Gasteiger partial charge in [0.1, 0.15) is 18.7 Å². The third-order valence-corrected chi connectivity index (χ3v) is 12.0. The molecule has 0 saturated heterocycles. The fraction of sp³-hybridized carbons (Fsp3) is 0.261. The molecule has 0 saturated carbocycles. The minimum Gasteiger partial charge on any atom is -0.467 e. The number of nitrogens with one attached hydrogen (secondary N) is 3. The molecule has 1 aliphatic carbocycles. The Morgan fingerprint density at radius 1 is 0.696 bits per heavy atom. The van der Waals surface area contributed by atoms with Gasteiger partial charge < -0.3 is 25.4 Å². The SMILES string of the molecule is CC[C@H](C)[C@H](NC(=O)OCC1c2ccccc2-c2ccccc21)C(=O)NCC(=O)N[C@@H](CSC(c1ccccc1)(c1ccccc1)c1ccccc1)C(=O)OC. The van der Waals surface area contributed by atoms with Gasteiger partial charge in [-0.15, -0.1) is 11.8 Å². The standard InChI is InChI=1S/C46H47N3O6S/c1-4-31(2)42(49-45(53)55-29-39-37-26-16-14-24-35(37)36-25-15-17-27-38(36)39)43(51)47-28-41(50)48-40(44(52)54-3)30-56-46(32-18-8-5-9-19-32,33-20-10-6-11-21-33)34-22-12-7-13-23-34/h5-27,31,39-40,42H,4,28-30H2,1-3H3,(H,47,51)(H,48,50)(H,49,53)/t31-,40-,42-/m0/s1. The summed E-state index contributed by atoms with van der Waals surface area (Å²) in [5.74, 6) is -1.98. The summed E-state index contributed by atoms with van der Waals surface area (Å²) in [4.78, 5) is 53.2. The Labute approximate surface area is 332 Å². The van der Waals surface area contributed by atoms with Gasteiger partial charge in [0.25, 0.3) is 0 Å². The first kappa shape index (κ1) is 39.8. The molecule has 0 fully saturated rings. The Bertz CT molecular complexity index is 1970. The molecule has 0 heterocycles. The lowest BCUT2D eigenvalue weighted by atomic mass is 9.84. The van der Waals surface area contributed by atoms with Crippen molar-refractivity contribution in [1.82, 2.24) is 16.0 Å². The van der Waals surface area contributed by atoms with E-state index in [9.17, 15) is 19.2 Å². The molecule has 5 aromatic carbocycles. The highest BCUT2D eigenvalue weighted by atomic mass is 32.2. The summed E-state index contributed by atoms with van der Waals surface area (Å²) in [6, 6.07) is 44.2. The normalized spacial score (nSPS) is 13.6. The molecule has 0 aromatic heterocycles. The van der Waals surface area contributed by atoms with Gasteiger partial charge in [-0.3, -0.25) is 9.59 Å². The Kier molecular flexibility index (Phi) is 13.3. The molecule has 0 aliphatic heterocycles. The van der Waals surface area contributed by atoms with Crippen molar-refractivity contribution in [2.75, 3.05) is 26.0 Å². The second-order valence-electron chi connectivity index (χ2n) is 13.8. The van der Waals surface area contributed by atoms with Crippen molar-refractivity contribution in [2.24, 2.45) is 5.92 Å². The van der Waals surface area contributed by atoms with Gasteiger partial charge in [0, 0.05) is 11.7 Å². The highest BCUT2D eigenvalue weighted by Crippen LogP contribution is 2.49. The number of thioether (sulfide) groups is 1. The number of methoxy groups -OCH3 is 1. The van der Waals surface area contributed by atoms with Crippen molar-refractivity contribution in [2.45, 2.75) is 43.0 Å². The van der Waals surface area contributed by atoms with E-state index in [2.05, 4.69) is 64.5 Å². The number of rotatable bonds is 16. The molecule has 3 atom stereocenters. The zero-order valence-electron chi connectivity index (χ0n) is 31.8. The van der Waals surface area contributed by atoms with E-state index >= 15 is 0 Å². The van der Waals surface area contributed by atoms with Crippen molar-refractivity contribution >= 4 is 35.6 Å². The van der Waals surface area contributed by atoms with E-state index in [-0.39, 0.29) is 24.2 Å². The lowest BCUT2D eigenvalue weighted by Crippen LogP contribution is -2.53. The molecular formula is C46H47N3O6S. The fourth-order valence-corrected chi connectivity index (χ4v) is 8.82. The van der Waals surface area contributed by atoms with Gasteiger partial charge in [-0.25, -0.2) is 9.59 Å². The molecule has 3 amide bonds. The first-order chi connectivity index (χ1) is 27.3. The van der Waals surface area contributed by atoms with E-state index in [4.69, 9.17) is 9.47 Å². The van der Waals surface area contributed by atoms with E-state index in [1.807, 2.05) is 105 Å². The van der Waals surface area contributed by atoms with Crippen LogP contribution < -0.4 is 16.0 Å². The van der Waals surface area contributed by atoms with Gasteiger partial charge in [0.2, 0.25) is 11.8 Å². The summed E-state index contributed by atoms with van der Waals surface area (Å²) in [7, 11) is 1.28. The van der Waals surface area contributed by atoms with Crippen molar-refractivity contribution in [3.8, 4) is 11.1 Å². The molecule has 10 heteroatoms. The van der Waals surface area contributed by atoms with E-state index in [1.54, 1.807) is 0 Å². The Morgan fingerprint density at radius 3 is 1.66 bits per heavy atom. The second-order valence-corrected chi connectivity index (χ2v) is 15.0. The van der Waals surface area contributed by atoms with Crippen LogP contribution in [0, 0.1) is 5.92 Å². The summed E-state index contributed by atoms with van der Waals surface area (Å²) >= 11 is 1.51. The monoisotopic (exact) mass is 769 g/mol. The molecule has 0 radical (unpaired) electrons. The fourth-order valence-electron chi connectivity index (χ4n) is 7.28. The summed E-state index contributed by atoms with van der Waals surface area (Å²) < 4.78 is 10.1. The summed E-state index contributed by atoms with van der Waals surface area (Å²) in [6.45, 7) is 3.44. The number of hydrogen-bond donors (Lipinski definition) is 3. The van der Waals surface area contributed by atoms with Crippen molar-refractivity contribution in [3.63, 3.8) is 0 Å². The maximum Gasteiger partial charge on any atom is 0.407 e. The topological polar surface area (TPSA) is 123 Å². The average Bonchev–Trinajstić information content (AvgIpc) is 3.57. The van der Waals surface area contributed by atoms with Gasteiger partial charge in [-0.05, 0) is 44.9 Å². The van der Waals surface area contributed by atoms with Crippen LogP contribution in [0.1, 0.15) is 54.0 Å². The number of carbonyl (C=O) groups is 4. The summed E-state index contributed by atoms with van der Waals surface area (Å²) in [6.07, 6.45) is -0.139. The van der Waals surface area contributed by atoms with Gasteiger partial charge >= 0.3 is 12.1 Å². The predicted octanol–water partition coefficient (Wildman–Crippen LogP) is 7.44.